The lowest BCUT2D eigenvalue weighted by atomic mass is 10.2. The van der Waals surface area contributed by atoms with E-state index in [9.17, 15) is 13.6 Å². The smallest absolute Gasteiger partial charge is 0.325 e. The molecule has 2 heterocycles. The number of nitrogens with two attached hydrogens (primary N) is 1. The van der Waals surface area contributed by atoms with Crippen molar-refractivity contribution in [3.63, 3.8) is 0 Å². The maximum absolute atomic E-state index is 13.7. The summed E-state index contributed by atoms with van der Waals surface area (Å²) in [5.41, 5.74) is 4.46. The van der Waals surface area contributed by atoms with Crippen LogP contribution in [0.3, 0.4) is 0 Å². The highest BCUT2D eigenvalue weighted by molar-refractivity contribution is 7.16. The van der Waals surface area contributed by atoms with Crippen LogP contribution in [-0.4, -0.2) is 16.0 Å². The molecule has 1 aromatic carbocycles. The molecule has 0 aliphatic carbocycles. The molecular formula is C13H9F2N5OS. The summed E-state index contributed by atoms with van der Waals surface area (Å²) in [6, 6.07) is 2.94. The van der Waals surface area contributed by atoms with Crippen molar-refractivity contribution in [2.75, 3.05) is 16.4 Å². The molecule has 2 amide bonds. The van der Waals surface area contributed by atoms with Crippen LogP contribution in [0.25, 0.3) is 10.2 Å². The van der Waals surface area contributed by atoms with Crippen molar-refractivity contribution < 1.29 is 13.6 Å². The fourth-order valence-electron chi connectivity index (χ4n) is 1.83. The van der Waals surface area contributed by atoms with Gasteiger partial charge in [0.15, 0.2) is 5.82 Å². The Balaban J connectivity index is 1.84. The van der Waals surface area contributed by atoms with E-state index in [0.29, 0.717) is 10.2 Å². The van der Waals surface area contributed by atoms with E-state index in [1.165, 1.54) is 17.7 Å². The predicted molar refractivity (Wildman–Crippen MR) is 80.8 cm³/mol. The molecule has 6 nitrogen and oxygen atoms in total. The number of hydrogen-bond acceptors (Lipinski definition) is 5. The highest BCUT2D eigenvalue weighted by Crippen LogP contribution is 2.25. The molecule has 3 rings (SSSR count). The van der Waals surface area contributed by atoms with Gasteiger partial charge in [0.1, 0.15) is 28.5 Å². The number of amides is 2. The third kappa shape index (κ3) is 2.53. The van der Waals surface area contributed by atoms with Crippen molar-refractivity contribution in [3.8, 4) is 0 Å². The number of nitrogens with one attached hydrogen (secondary N) is 2. The van der Waals surface area contributed by atoms with Crippen molar-refractivity contribution in [3.05, 3.63) is 41.5 Å². The van der Waals surface area contributed by atoms with Crippen LogP contribution in [0.2, 0.25) is 0 Å². The first-order valence-corrected chi connectivity index (χ1v) is 6.94. The van der Waals surface area contributed by atoms with Crippen molar-refractivity contribution in [1.29, 1.82) is 0 Å². The molecule has 0 saturated carbocycles. The molecule has 0 bridgehead atoms. The van der Waals surface area contributed by atoms with Crippen LogP contribution in [0, 0.1) is 11.6 Å². The van der Waals surface area contributed by atoms with E-state index in [0.717, 1.165) is 12.1 Å². The van der Waals surface area contributed by atoms with Gasteiger partial charge in [-0.3, -0.25) is 5.32 Å². The molecule has 0 aliphatic heterocycles. The Labute approximate surface area is 127 Å². The molecule has 0 aliphatic rings. The minimum absolute atomic E-state index is 0.244. The van der Waals surface area contributed by atoms with Gasteiger partial charge in [-0.2, -0.15) is 0 Å². The van der Waals surface area contributed by atoms with Gasteiger partial charge in [0.2, 0.25) is 0 Å². The van der Waals surface area contributed by atoms with Gasteiger partial charge in [-0.15, -0.1) is 11.3 Å². The van der Waals surface area contributed by atoms with Gasteiger partial charge in [-0.25, -0.2) is 23.5 Å². The van der Waals surface area contributed by atoms with Crippen LogP contribution in [0.15, 0.2) is 29.9 Å². The number of hydrogen-bond donors (Lipinski definition) is 3. The molecule has 9 heteroatoms. The molecule has 0 radical (unpaired) electrons. The van der Waals surface area contributed by atoms with Crippen LogP contribution in [0.4, 0.5) is 30.8 Å². The summed E-state index contributed by atoms with van der Waals surface area (Å²) in [6.07, 6.45) is 1.29. The molecular weight excluding hydrogens is 312 g/mol. The minimum Gasteiger partial charge on any atom is -0.396 e. The number of thiophene rings is 1. The summed E-state index contributed by atoms with van der Waals surface area (Å²) in [4.78, 5) is 20.6. The molecule has 3 aromatic rings. The molecule has 22 heavy (non-hydrogen) atoms. The molecule has 0 fully saturated rings. The summed E-state index contributed by atoms with van der Waals surface area (Å²) >= 11 is 1.38. The van der Waals surface area contributed by atoms with E-state index in [1.807, 2.05) is 0 Å². The lowest BCUT2D eigenvalue weighted by Crippen LogP contribution is -2.22. The quantitative estimate of drug-likeness (QED) is 0.632. The zero-order valence-corrected chi connectivity index (χ0v) is 11.7. The number of urea groups is 1. The number of benzene rings is 1. The second-order valence-electron chi connectivity index (χ2n) is 4.27. The Kier molecular flexibility index (Phi) is 3.55. The summed E-state index contributed by atoms with van der Waals surface area (Å²) in [6.45, 7) is 0. The molecule has 0 unspecified atom stereocenters. The summed E-state index contributed by atoms with van der Waals surface area (Å²) in [5, 5.41) is 6.94. The Bertz CT molecular complexity index is 867. The number of nitrogens with zero attached hydrogens (tertiary/aromatic N) is 2. The fraction of sp³-hybridized carbons (Fsp3) is 0. The van der Waals surface area contributed by atoms with Crippen LogP contribution >= 0.6 is 11.3 Å². The third-order valence-corrected chi connectivity index (χ3v) is 3.67. The largest absolute Gasteiger partial charge is 0.396 e. The molecule has 112 valence electrons. The normalized spacial score (nSPS) is 10.6. The second-order valence-corrected chi connectivity index (χ2v) is 5.16. The van der Waals surface area contributed by atoms with E-state index in [4.69, 9.17) is 5.73 Å². The lowest BCUT2D eigenvalue weighted by molar-refractivity contribution is 0.262. The van der Waals surface area contributed by atoms with Gasteiger partial charge in [0.05, 0.1) is 11.1 Å². The number of carbonyl (C=O) groups excluding carboxylic acids is 1. The maximum Gasteiger partial charge on any atom is 0.325 e. The number of fused-ring (bicyclic) bond motifs is 1. The van der Waals surface area contributed by atoms with Crippen molar-refractivity contribution in [2.45, 2.75) is 0 Å². The highest BCUT2D eigenvalue weighted by atomic mass is 32.1. The van der Waals surface area contributed by atoms with E-state index < -0.39 is 23.4 Å². The van der Waals surface area contributed by atoms with Crippen LogP contribution in [0.1, 0.15) is 0 Å². The summed E-state index contributed by atoms with van der Waals surface area (Å²) < 4.78 is 27.3. The molecule has 4 N–H and O–H groups in total. The van der Waals surface area contributed by atoms with Gasteiger partial charge in [-0.05, 0) is 23.6 Å². The first-order chi connectivity index (χ1) is 10.6. The Hall–Kier alpha value is -2.81. The van der Waals surface area contributed by atoms with Gasteiger partial charge in [0, 0.05) is 0 Å². The van der Waals surface area contributed by atoms with Crippen molar-refractivity contribution in [2.24, 2.45) is 0 Å². The topological polar surface area (TPSA) is 92.9 Å². The number of halogens is 2. The van der Waals surface area contributed by atoms with Crippen molar-refractivity contribution >= 4 is 44.8 Å². The number of aromatic nitrogens is 2. The number of anilines is 3. The standard InChI is InChI=1S/C13H9F2N5OS/c14-7-1-2-8(16)9(15)10(7)19-13(21)20-11-6-3-4-22-12(6)18-5-17-11/h1-5H,16H2,(H2,17,18,19,20,21). The predicted octanol–water partition coefficient (Wildman–Crippen LogP) is 3.20. The Morgan fingerprint density at radius 3 is 2.82 bits per heavy atom. The van der Waals surface area contributed by atoms with Crippen molar-refractivity contribution in [1.82, 2.24) is 9.97 Å². The Morgan fingerprint density at radius 2 is 2.00 bits per heavy atom. The first-order valence-electron chi connectivity index (χ1n) is 6.06. The average molecular weight is 321 g/mol. The maximum atomic E-state index is 13.7. The van der Waals surface area contributed by atoms with E-state index in [1.54, 1.807) is 11.4 Å². The summed E-state index contributed by atoms with van der Waals surface area (Å²) in [7, 11) is 0. The van der Waals surface area contributed by atoms with E-state index >= 15 is 0 Å². The zero-order valence-electron chi connectivity index (χ0n) is 10.9. The average Bonchev–Trinajstić information content (AvgIpc) is 2.97. The molecule has 0 atom stereocenters. The molecule has 2 aromatic heterocycles. The highest BCUT2D eigenvalue weighted by Gasteiger charge is 2.16. The van der Waals surface area contributed by atoms with Crippen LogP contribution in [0.5, 0.6) is 0 Å². The fourth-order valence-corrected chi connectivity index (χ4v) is 2.56. The lowest BCUT2D eigenvalue weighted by Gasteiger charge is -2.10. The number of carbonyl (C=O) groups is 1. The van der Waals surface area contributed by atoms with Gasteiger partial charge in [-0.1, -0.05) is 0 Å². The second kappa shape index (κ2) is 5.53. The van der Waals surface area contributed by atoms with Crippen LogP contribution < -0.4 is 16.4 Å². The SMILES string of the molecule is Nc1ccc(F)c(NC(=O)Nc2ncnc3sccc23)c1F. The third-order valence-electron chi connectivity index (χ3n) is 2.85. The summed E-state index contributed by atoms with van der Waals surface area (Å²) in [5.74, 6) is -1.71. The van der Waals surface area contributed by atoms with Gasteiger partial charge >= 0.3 is 6.03 Å². The monoisotopic (exact) mass is 321 g/mol. The molecule has 0 saturated heterocycles. The number of rotatable bonds is 2. The first kappa shape index (κ1) is 14.1. The van der Waals surface area contributed by atoms with E-state index in [-0.39, 0.29) is 11.5 Å². The minimum atomic E-state index is -1.03. The van der Waals surface area contributed by atoms with E-state index in [2.05, 4.69) is 20.6 Å². The van der Waals surface area contributed by atoms with Crippen LogP contribution in [-0.2, 0) is 0 Å². The zero-order chi connectivity index (χ0) is 15.7. The van der Waals surface area contributed by atoms with Gasteiger partial charge in [0.25, 0.3) is 0 Å². The molecule has 0 spiro atoms. The van der Waals surface area contributed by atoms with Gasteiger partial charge < -0.3 is 11.1 Å². The Morgan fingerprint density at radius 1 is 1.18 bits per heavy atom. The number of nitrogen functional groups attached to an aromatic ring is 1.